The number of aromatic nitrogens is 2. The van der Waals surface area contributed by atoms with E-state index in [0.717, 1.165) is 73.7 Å². The summed E-state index contributed by atoms with van der Waals surface area (Å²) in [6, 6.07) is 14.9. The number of Topliss-reactive ketones (excluding diaryl/α,β-unsaturated/α-hetero) is 2. The van der Waals surface area contributed by atoms with E-state index < -0.39 is 23.4 Å². The van der Waals surface area contributed by atoms with Gasteiger partial charge in [0.1, 0.15) is 0 Å². The second-order valence-corrected chi connectivity index (χ2v) is 11.0. The number of ketones is 2. The van der Waals surface area contributed by atoms with Gasteiger partial charge in [-0.3, -0.25) is 19.2 Å². The molecule has 2 amide bonds. The zero-order valence-electron chi connectivity index (χ0n) is 25.3. The van der Waals surface area contributed by atoms with Crippen LogP contribution >= 0.6 is 0 Å². The van der Waals surface area contributed by atoms with E-state index in [2.05, 4.69) is 31.2 Å². The fourth-order valence-electron chi connectivity index (χ4n) is 5.21. The third-order valence-corrected chi connectivity index (χ3v) is 7.67. The van der Waals surface area contributed by atoms with Crippen LogP contribution in [0.1, 0.15) is 72.1 Å². The van der Waals surface area contributed by atoms with E-state index in [-0.39, 0.29) is 0 Å². The van der Waals surface area contributed by atoms with Crippen LogP contribution in [0.15, 0.2) is 60.9 Å². The molecule has 4 aromatic rings. The fraction of sp³-hybridized carbons (Fsp3) is 0.412. The number of rotatable bonds is 21. The van der Waals surface area contributed by atoms with Crippen molar-refractivity contribution in [1.29, 1.82) is 0 Å². The van der Waals surface area contributed by atoms with Crippen molar-refractivity contribution >= 4 is 45.2 Å². The first-order chi connectivity index (χ1) is 21.6. The molecule has 0 radical (unpaired) electrons. The first-order valence-electron chi connectivity index (χ1n) is 15.7. The number of para-hydroxylation sites is 2. The Morgan fingerprint density at radius 3 is 1.32 bits per heavy atom. The summed E-state index contributed by atoms with van der Waals surface area (Å²) in [6.45, 7) is 4.44. The molecule has 6 N–H and O–H groups in total. The predicted octanol–water partition coefficient (Wildman–Crippen LogP) is 4.25. The molecule has 10 heteroatoms. The van der Waals surface area contributed by atoms with Gasteiger partial charge < -0.3 is 31.2 Å². The molecule has 2 aromatic carbocycles. The number of benzene rings is 2. The lowest BCUT2D eigenvalue weighted by Gasteiger charge is -2.07. The van der Waals surface area contributed by atoms with Crippen LogP contribution in [0.4, 0.5) is 0 Å². The van der Waals surface area contributed by atoms with Gasteiger partial charge in [-0.05, 0) is 64.0 Å². The lowest BCUT2D eigenvalue weighted by molar-refractivity contribution is -0.117. The van der Waals surface area contributed by atoms with Crippen LogP contribution in [0, 0.1) is 0 Å². The van der Waals surface area contributed by atoms with Crippen LogP contribution in [0.3, 0.4) is 0 Å². The zero-order valence-corrected chi connectivity index (χ0v) is 25.3. The molecule has 0 aliphatic heterocycles. The number of hydrogen-bond donors (Lipinski definition) is 6. The van der Waals surface area contributed by atoms with Crippen molar-refractivity contribution in [3.8, 4) is 0 Å². The maximum Gasteiger partial charge on any atom is 0.292 e. The van der Waals surface area contributed by atoms with E-state index in [0.29, 0.717) is 24.2 Å². The average Bonchev–Trinajstić information content (AvgIpc) is 3.68. The second-order valence-electron chi connectivity index (χ2n) is 11.0. The van der Waals surface area contributed by atoms with Gasteiger partial charge in [0.25, 0.3) is 23.4 Å². The highest BCUT2D eigenvalue weighted by Crippen LogP contribution is 2.19. The smallest absolute Gasteiger partial charge is 0.292 e. The monoisotopic (exact) mass is 600 g/mol. The van der Waals surface area contributed by atoms with Gasteiger partial charge in [-0.2, -0.15) is 0 Å². The number of carbonyl (C=O) groups excluding carboxylic acids is 4. The Hall–Kier alpha value is -4.28. The Morgan fingerprint density at radius 1 is 0.477 bits per heavy atom. The highest BCUT2D eigenvalue weighted by Gasteiger charge is 2.20. The summed E-state index contributed by atoms with van der Waals surface area (Å²) in [5.41, 5.74) is 2.50. The van der Waals surface area contributed by atoms with E-state index >= 15 is 0 Å². The maximum atomic E-state index is 12.4. The van der Waals surface area contributed by atoms with Gasteiger partial charge in [0.05, 0.1) is 11.1 Å². The lowest BCUT2D eigenvalue weighted by Crippen LogP contribution is -2.33. The fourth-order valence-corrected chi connectivity index (χ4v) is 5.21. The predicted molar refractivity (Wildman–Crippen MR) is 174 cm³/mol. The molecule has 0 fully saturated rings. The minimum atomic E-state index is -0.565. The van der Waals surface area contributed by atoms with Crippen molar-refractivity contribution in [2.45, 2.75) is 51.4 Å². The summed E-state index contributed by atoms with van der Waals surface area (Å²) in [6.07, 6.45) is 11.8. The van der Waals surface area contributed by atoms with Crippen LogP contribution in [0.25, 0.3) is 21.8 Å². The molecule has 2 heterocycles. The first-order valence-corrected chi connectivity index (χ1v) is 15.7. The Labute approximate surface area is 258 Å². The molecule has 0 aliphatic rings. The third kappa shape index (κ3) is 9.62. The van der Waals surface area contributed by atoms with E-state index in [9.17, 15) is 19.2 Å². The molecule has 0 aliphatic carbocycles. The molecular formula is C34H44N6O4. The second kappa shape index (κ2) is 17.7. The van der Waals surface area contributed by atoms with Crippen molar-refractivity contribution < 1.29 is 19.2 Å². The molecule has 0 bridgehead atoms. The van der Waals surface area contributed by atoms with Gasteiger partial charge in [-0.1, -0.05) is 62.1 Å². The van der Waals surface area contributed by atoms with Crippen LogP contribution in [0.2, 0.25) is 0 Å². The topological polar surface area (TPSA) is 148 Å². The van der Waals surface area contributed by atoms with E-state index in [4.69, 9.17) is 0 Å². The molecule has 0 atom stereocenters. The summed E-state index contributed by atoms with van der Waals surface area (Å²) in [5.74, 6) is -2.15. The lowest BCUT2D eigenvalue weighted by atomic mass is 10.1. The molecule has 0 unspecified atom stereocenters. The van der Waals surface area contributed by atoms with Crippen molar-refractivity contribution in [3.63, 3.8) is 0 Å². The number of aromatic amines is 2. The first kappa shape index (κ1) is 32.6. The summed E-state index contributed by atoms with van der Waals surface area (Å²) < 4.78 is 0. The highest BCUT2D eigenvalue weighted by molar-refractivity contribution is 6.45. The van der Waals surface area contributed by atoms with Gasteiger partial charge in [0.2, 0.25) is 0 Å². The van der Waals surface area contributed by atoms with Crippen LogP contribution in [-0.4, -0.2) is 72.6 Å². The number of carbonyl (C=O) groups is 4. The largest absolute Gasteiger partial charge is 0.360 e. The Morgan fingerprint density at radius 2 is 0.864 bits per heavy atom. The summed E-state index contributed by atoms with van der Waals surface area (Å²) in [4.78, 5) is 55.4. The molecule has 10 nitrogen and oxygen atoms in total. The van der Waals surface area contributed by atoms with Gasteiger partial charge in [0.15, 0.2) is 0 Å². The van der Waals surface area contributed by atoms with E-state index in [1.165, 1.54) is 25.7 Å². The third-order valence-electron chi connectivity index (χ3n) is 7.67. The van der Waals surface area contributed by atoms with Gasteiger partial charge in [0, 0.05) is 47.3 Å². The minimum absolute atomic E-state index is 0.406. The average molecular weight is 601 g/mol. The minimum Gasteiger partial charge on any atom is -0.360 e. The number of nitrogens with one attached hydrogen (secondary N) is 6. The number of amides is 2. The molecule has 0 saturated carbocycles. The quantitative estimate of drug-likeness (QED) is 0.0479. The highest BCUT2D eigenvalue weighted by atomic mass is 16.2. The Bertz CT molecular complexity index is 1410. The van der Waals surface area contributed by atoms with Crippen molar-refractivity contribution in [1.82, 2.24) is 31.2 Å². The van der Waals surface area contributed by atoms with Crippen molar-refractivity contribution in [2.75, 3.05) is 39.3 Å². The molecule has 0 saturated heterocycles. The molecule has 4 rings (SSSR count). The van der Waals surface area contributed by atoms with Crippen molar-refractivity contribution in [2.24, 2.45) is 0 Å². The molecule has 0 spiro atoms. The van der Waals surface area contributed by atoms with Gasteiger partial charge in [-0.15, -0.1) is 0 Å². The zero-order chi connectivity index (χ0) is 31.0. The summed E-state index contributed by atoms with van der Waals surface area (Å²) >= 11 is 0. The number of hydrogen-bond acceptors (Lipinski definition) is 6. The van der Waals surface area contributed by atoms with Crippen LogP contribution in [0.5, 0.6) is 0 Å². The number of H-pyrrole nitrogens is 2. The van der Waals surface area contributed by atoms with Crippen molar-refractivity contribution in [3.05, 3.63) is 72.1 Å². The van der Waals surface area contributed by atoms with Crippen LogP contribution < -0.4 is 21.3 Å². The van der Waals surface area contributed by atoms with E-state index in [1.807, 2.05) is 48.5 Å². The molecule has 234 valence electrons. The molecule has 44 heavy (non-hydrogen) atoms. The molecule has 2 aromatic heterocycles. The number of unbranched alkanes of at least 4 members (excludes halogenated alkanes) is 5. The van der Waals surface area contributed by atoms with Gasteiger partial charge >= 0.3 is 0 Å². The Kier molecular flexibility index (Phi) is 13.2. The summed E-state index contributed by atoms with van der Waals surface area (Å²) in [5, 5.41) is 13.8. The Balaban J connectivity index is 0.898. The SMILES string of the molecule is O=C(NCCCNCCCCCCCCNCCCNC(=O)C(=O)c1c[nH]c2ccccc12)C(=O)c1c[nH]c2ccccc12. The normalized spacial score (nSPS) is 11.2. The maximum absolute atomic E-state index is 12.4. The molecular weight excluding hydrogens is 556 g/mol. The number of fused-ring (bicyclic) bond motifs is 2. The standard InChI is InChI=1S/C34H44N6O4/c41-31(27-23-39-29-15-7-5-13-25(27)29)33(43)37-21-11-19-35-17-9-3-1-2-4-10-18-36-20-12-22-38-34(44)32(42)28-24-40-30-16-8-6-14-26(28)30/h5-8,13-16,23-24,35-36,39-40H,1-4,9-12,17-22H2,(H,37,43)(H,38,44). The summed E-state index contributed by atoms with van der Waals surface area (Å²) in [7, 11) is 0. The van der Waals surface area contributed by atoms with Crippen LogP contribution in [-0.2, 0) is 9.59 Å². The van der Waals surface area contributed by atoms with Gasteiger partial charge in [-0.25, -0.2) is 0 Å². The van der Waals surface area contributed by atoms with E-state index in [1.54, 1.807) is 12.4 Å².